The van der Waals surface area contributed by atoms with Gasteiger partial charge in [0, 0.05) is 33.3 Å². The van der Waals surface area contributed by atoms with Crippen molar-refractivity contribution in [3.8, 4) is 55.6 Å². The first kappa shape index (κ1) is 33.2. The summed E-state index contributed by atoms with van der Waals surface area (Å²) in [4.78, 5) is 2.37. The SMILES string of the molecule is c1ccc(-c2ccc(-c3ccccc3-c3ccccc3N(c3ccccc3)c3ccc(-c4cccc5c4oc4ccccc45)cc3)c(-c3ccccc3)c2)cc1. The predicted molar refractivity (Wildman–Crippen MR) is 236 cm³/mol. The molecule has 2 heteroatoms. The van der Waals surface area contributed by atoms with E-state index in [1.807, 2.05) is 12.1 Å². The number of anilines is 3. The van der Waals surface area contributed by atoms with E-state index in [1.54, 1.807) is 0 Å². The van der Waals surface area contributed by atoms with Crippen molar-refractivity contribution in [1.82, 2.24) is 0 Å². The normalized spacial score (nSPS) is 11.2. The zero-order valence-corrected chi connectivity index (χ0v) is 30.7. The number of rotatable bonds is 8. The smallest absolute Gasteiger partial charge is 0.143 e. The molecule has 0 aliphatic carbocycles. The van der Waals surface area contributed by atoms with Crippen LogP contribution in [0, 0.1) is 0 Å². The number of nitrogens with zero attached hydrogens (tertiary/aromatic N) is 1. The van der Waals surface area contributed by atoms with Gasteiger partial charge in [-0.2, -0.15) is 0 Å². The number of furan rings is 1. The Morgan fingerprint density at radius 2 is 0.786 bits per heavy atom. The fourth-order valence-electron chi connectivity index (χ4n) is 8.06. The van der Waals surface area contributed by atoms with E-state index in [1.165, 1.54) is 38.9 Å². The average Bonchev–Trinajstić information content (AvgIpc) is 3.67. The molecule has 0 unspecified atom stereocenters. The van der Waals surface area contributed by atoms with Crippen molar-refractivity contribution in [3.05, 3.63) is 224 Å². The number of hydrogen-bond acceptors (Lipinski definition) is 2. The first-order valence-corrected chi connectivity index (χ1v) is 19.1. The number of benzene rings is 9. The standard InChI is InChI=1S/C54H37NO/c1-4-17-38(18-5-1)41-33-36-47(51(37-41)39-19-6-2-7-20-39)45-23-10-11-24-46(45)48-25-12-14-29-52(48)55(42-21-8-3-9-22-42)43-34-31-40(32-35-43)44-27-16-28-50-49-26-13-15-30-53(49)56-54(44)50/h1-37H. The summed E-state index contributed by atoms with van der Waals surface area (Å²) >= 11 is 0. The zero-order valence-electron chi connectivity index (χ0n) is 30.7. The van der Waals surface area contributed by atoms with E-state index in [2.05, 4.69) is 217 Å². The average molecular weight is 716 g/mol. The largest absolute Gasteiger partial charge is 0.455 e. The Labute approximate surface area is 327 Å². The lowest BCUT2D eigenvalue weighted by atomic mass is 9.87. The van der Waals surface area contributed by atoms with Gasteiger partial charge in [0.25, 0.3) is 0 Å². The van der Waals surface area contributed by atoms with Gasteiger partial charge in [-0.3, -0.25) is 0 Å². The van der Waals surface area contributed by atoms with E-state index >= 15 is 0 Å². The quantitative estimate of drug-likeness (QED) is 0.156. The second-order valence-corrected chi connectivity index (χ2v) is 14.1. The van der Waals surface area contributed by atoms with Gasteiger partial charge >= 0.3 is 0 Å². The molecule has 0 aliphatic heterocycles. The molecule has 0 radical (unpaired) electrons. The first-order valence-electron chi connectivity index (χ1n) is 19.1. The van der Waals surface area contributed by atoms with Gasteiger partial charge in [0.2, 0.25) is 0 Å². The van der Waals surface area contributed by atoms with Crippen LogP contribution in [0.4, 0.5) is 17.1 Å². The number of fused-ring (bicyclic) bond motifs is 3. The zero-order chi connectivity index (χ0) is 37.3. The van der Waals surface area contributed by atoms with E-state index in [4.69, 9.17) is 4.42 Å². The van der Waals surface area contributed by atoms with Crippen molar-refractivity contribution in [3.63, 3.8) is 0 Å². The van der Waals surface area contributed by atoms with Crippen LogP contribution in [0.25, 0.3) is 77.6 Å². The van der Waals surface area contributed by atoms with Gasteiger partial charge in [-0.05, 0) is 87.0 Å². The van der Waals surface area contributed by atoms with Crippen LogP contribution in [0.2, 0.25) is 0 Å². The van der Waals surface area contributed by atoms with Crippen LogP contribution in [-0.4, -0.2) is 0 Å². The highest BCUT2D eigenvalue weighted by molar-refractivity contribution is 6.09. The molecule has 0 N–H and O–H groups in total. The van der Waals surface area contributed by atoms with Crippen molar-refractivity contribution in [2.75, 3.05) is 4.90 Å². The fourth-order valence-corrected chi connectivity index (χ4v) is 8.06. The molecule has 1 heterocycles. The minimum absolute atomic E-state index is 0.904. The Bertz CT molecular complexity index is 2950. The minimum Gasteiger partial charge on any atom is -0.455 e. The molecule has 0 bridgehead atoms. The molecule has 0 fully saturated rings. The maximum Gasteiger partial charge on any atom is 0.143 e. The second kappa shape index (κ2) is 14.4. The lowest BCUT2D eigenvalue weighted by molar-refractivity contribution is 0.670. The highest BCUT2D eigenvalue weighted by Gasteiger charge is 2.21. The molecule has 9 aromatic carbocycles. The Kier molecular flexibility index (Phi) is 8.55. The highest BCUT2D eigenvalue weighted by Crippen LogP contribution is 2.46. The van der Waals surface area contributed by atoms with Crippen LogP contribution in [0.15, 0.2) is 229 Å². The third-order valence-electron chi connectivity index (χ3n) is 10.7. The van der Waals surface area contributed by atoms with E-state index < -0.39 is 0 Å². The van der Waals surface area contributed by atoms with Crippen molar-refractivity contribution in [1.29, 1.82) is 0 Å². The van der Waals surface area contributed by atoms with Gasteiger partial charge in [-0.15, -0.1) is 0 Å². The summed E-state index contributed by atoms with van der Waals surface area (Å²) in [6, 6.07) is 80.0. The molecular formula is C54H37NO. The van der Waals surface area contributed by atoms with E-state index in [-0.39, 0.29) is 0 Å². The molecule has 0 saturated heterocycles. The highest BCUT2D eigenvalue weighted by atomic mass is 16.3. The maximum absolute atomic E-state index is 6.42. The molecule has 0 spiro atoms. The molecule has 264 valence electrons. The second-order valence-electron chi connectivity index (χ2n) is 14.1. The fraction of sp³-hybridized carbons (Fsp3) is 0. The Morgan fingerprint density at radius 3 is 1.54 bits per heavy atom. The van der Waals surface area contributed by atoms with Crippen LogP contribution in [-0.2, 0) is 0 Å². The van der Waals surface area contributed by atoms with E-state index in [0.29, 0.717) is 0 Å². The maximum atomic E-state index is 6.42. The molecular weight excluding hydrogens is 679 g/mol. The van der Waals surface area contributed by atoms with Crippen LogP contribution < -0.4 is 4.90 Å². The Balaban J connectivity index is 1.11. The van der Waals surface area contributed by atoms with Crippen LogP contribution >= 0.6 is 0 Å². The van der Waals surface area contributed by atoms with Crippen LogP contribution in [0.1, 0.15) is 0 Å². The number of para-hydroxylation sites is 4. The van der Waals surface area contributed by atoms with Gasteiger partial charge in [0.05, 0.1) is 5.69 Å². The van der Waals surface area contributed by atoms with Crippen molar-refractivity contribution >= 4 is 39.0 Å². The molecule has 0 atom stereocenters. The summed E-state index contributed by atoms with van der Waals surface area (Å²) in [5.74, 6) is 0. The third kappa shape index (κ3) is 6.04. The van der Waals surface area contributed by atoms with Gasteiger partial charge in [-0.1, -0.05) is 182 Å². The monoisotopic (exact) mass is 715 g/mol. The molecule has 0 amide bonds. The predicted octanol–water partition coefficient (Wildman–Crippen LogP) is 15.4. The van der Waals surface area contributed by atoms with Crippen molar-refractivity contribution in [2.45, 2.75) is 0 Å². The van der Waals surface area contributed by atoms with Crippen LogP contribution in [0.3, 0.4) is 0 Å². The van der Waals surface area contributed by atoms with Gasteiger partial charge < -0.3 is 9.32 Å². The summed E-state index contributed by atoms with van der Waals surface area (Å²) in [5.41, 5.74) is 16.7. The summed E-state index contributed by atoms with van der Waals surface area (Å²) in [6.07, 6.45) is 0. The van der Waals surface area contributed by atoms with Gasteiger partial charge in [0.1, 0.15) is 11.2 Å². The Morgan fingerprint density at radius 1 is 0.286 bits per heavy atom. The van der Waals surface area contributed by atoms with E-state index in [9.17, 15) is 0 Å². The molecule has 0 saturated carbocycles. The molecule has 2 nitrogen and oxygen atoms in total. The molecule has 56 heavy (non-hydrogen) atoms. The number of hydrogen-bond donors (Lipinski definition) is 0. The third-order valence-corrected chi connectivity index (χ3v) is 10.7. The van der Waals surface area contributed by atoms with Crippen LogP contribution in [0.5, 0.6) is 0 Å². The van der Waals surface area contributed by atoms with Gasteiger partial charge in [-0.25, -0.2) is 0 Å². The van der Waals surface area contributed by atoms with E-state index in [0.717, 1.165) is 55.7 Å². The molecule has 0 aliphatic rings. The molecule has 10 rings (SSSR count). The first-order chi connectivity index (χ1) is 27.8. The van der Waals surface area contributed by atoms with Crippen molar-refractivity contribution < 1.29 is 4.42 Å². The summed E-state index contributed by atoms with van der Waals surface area (Å²) in [6.45, 7) is 0. The molecule has 1 aromatic heterocycles. The lowest BCUT2D eigenvalue weighted by Gasteiger charge is -2.28. The summed E-state index contributed by atoms with van der Waals surface area (Å²) in [7, 11) is 0. The Hall–Kier alpha value is -7.42. The van der Waals surface area contributed by atoms with Crippen molar-refractivity contribution in [2.24, 2.45) is 0 Å². The minimum atomic E-state index is 0.904. The topological polar surface area (TPSA) is 16.4 Å². The summed E-state index contributed by atoms with van der Waals surface area (Å²) < 4.78 is 6.42. The van der Waals surface area contributed by atoms with Gasteiger partial charge in [0.15, 0.2) is 0 Å². The summed E-state index contributed by atoms with van der Waals surface area (Å²) in [5, 5.41) is 2.27. The molecule has 10 aromatic rings. The lowest BCUT2D eigenvalue weighted by Crippen LogP contribution is -2.11.